The number of amides is 1. The van der Waals surface area contributed by atoms with Gasteiger partial charge in [0.2, 0.25) is 0 Å². The lowest BCUT2D eigenvalue weighted by Crippen LogP contribution is -2.13. The van der Waals surface area contributed by atoms with Gasteiger partial charge in [-0.1, -0.05) is 24.8 Å². The summed E-state index contributed by atoms with van der Waals surface area (Å²) in [6.45, 7) is 5.39. The maximum absolute atomic E-state index is 11.7. The van der Waals surface area contributed by atoms with Gasteiger partial charge in [-0.25, -0.2) is 0 Å². The highest BCUT2D eigenvalue weighted by Gasteiger charge is 2.04. The van der Waals surface area contributed by atoms with Gasteiger partial charge in [0.15, 0.2) is 0 Å². The minimum atomic E-state index is -0.147. The number of carbonyl (C=O) groups is 1. The highest BCUT2D eigenvalue weighted by Crippen LogP contribution is 2.15. The molecule has 0 heterocycles. The predicted molar refractivity (Wildman–Crippen MR) is 68.6 cm³/mol. The number of anilines is 2. The number of hydrogen-bond acceptors (Lipinski definition) is 2. The van der Waals surface area contributed by atoms with E-state index < -0.39 is 0 Å². The smallest absolute Gasteiger partial charge is 0.255 e. The number of hydrogen-bond donors (Lipinski definition) is 2. The molecule has 0 saturated heterocycles. The summed E-state index contributed by atoms with van der Waals surface area (Å²) in [6.07, 6.45) is 3.27. The molecule has 0 atom stereocenters. The van der Waals surface area contributed by atoms with Crippen LogP contribution in [-0.2, 0) is 4.79 Å². The third-order valence-corrected chi connectivity index (χ3v) is 2.20. The molecule has 0 aliphatic carbocycles. The predicted octanol–water partition coefficient (Wildman–Crippen LogP) is 2.80. The van der Waals surface area contributed by atoms with E-state index in [0.29, 0.717) is 5.57 Å². The van der Waals surface area contributed by atoms with Crippen LogP contribution >= 0.6 is 0 Å². The molecule has 0 spiro atoms. The van der Waals surface area contributed by atoms with Crippen molar-refractivity contribution in [3.05, 3.63) is 48.6 Å². The largest absolute Gasteiger partial charge is 0.388 e. The highest BCUT2D eigenvalue weighted by atomic mass is 16.1. The van der Waals surface area contributed by atoms with Crippen molar-refractivity contribution in [3.63, 3.8) is 0 Å². The molecule has 3 nitrogen and oxygen atoms in total. The van der Waals surface area contributed by atoms with Crippen LogP contribution in [0.2, 0.25) is 0 Å². The molecule has 2 N–H and O–H groups in total. The van der Waals surface area contributed by atoms with E-state index in [-0.39, 0.29) is 5.91 Å². The Kier molecular flexibility index (Phi) is 4.33. The van der Waals surface area contributed by atoms with Gasteiger partial charge in [-0.3, -0.25) is 4.79 Å². The van der Waals surface area contributed by atoms with Gasteiger partial charge in [0.25, 0.3) is 5.91 Å². The fourth-order valence-electron chi connectivity index (χ4n) is 1.30. The number of nitrogens with one attached hydrogen (secondary N) is 2. The topological polar surface area (TPSA) is 41.1 Å². The minimum Gasteiger partial charge on any atom is -0.388 e. The van der Waals surface area contributed by atoms with Crippen LogP contribution in [0.5, 0.6) is 0 Å². The molecule has 1 aromatic carbocycles. The van der Waals surface area contributed by atoms with Gasteiger partial charge in [-0.2, -0.15) is 0 Å². The summed E-state index contributed by atoms with van der Waals surface area (Å²) < 4.78 is 0. The van der Waals surface area contributed by atoms with Crippen molar-refractivity contribution < 1.29 is 4.79 Å². The Morgan fingerprint density at radius 1 is 1.38 bits per heavy atom. The summed E-state index contributed by atoms with van der Waals surface area (Å²) in [5, 5.41) is 5.81. The van der Waals surface area contributed by atoms with Gasteiger partial charge in [0.1, 0.15) is 0 Å². The third-order valence-electron chi connectivity index (χ3n) is 2.20. The molecule has 84 valence electrons. The quantitative estimate of drug-likeness (QED) is 0.600. The van der Waals surface area contributed by atoms with Crippen molar-refractivity contribution in [2.75, 3.05) is 17.7 Å². The number of rotatable bonds is 4. The zero-order valence-corrected chi connectivity index (χ0v) is 9.58. The second kappa shape index (κ2) is 5.75. The zero-order valence-electron chi connectivity index (χ0n) is 9.58. The lowest BCUT2D eigenvalue weighted by molar-refractivity contribution is -0.112. The van der Waals surface area contributed by atoms with Crippen LogP contribution in [0, 0.1) is 0 Å². The second-order valence-electron chi connectivity index (χ2n) is 3.23. The van der Waals surface area contributed by atoms with Gasteiger partial charge >= 0.3 is 0 Å². The minimum absolute atomic E-state index is 0.147. The maximum Gasteiger partial charge on any atom is 0.255 e. The Balaban J connectivity index is 2.80. The number of carbonyl (C=O) groups excluding carboxylic acids is 1. The van der Waals surface area contributed by atoms with Crippen molar-refractivity contribution >= 4 is 17.3 Å². The molecule has 3 heteroatoms. The normalized spacial score (nSPS) is 10.8. The van der Waals surface area contributed by atoms with E-state index >= 15 is 0 Å². The lowest BCUT2D eigenvalue weighted by Gasteiger charge is -2.07. The van der Waals surface area contributed by atoms with Crippen LogP contribution in [0.3, 0.4) is 0 Å². The Hall–Kier alpha value is -2.03. The molecule has 0 aliphatic heterocycles. The van der Waals surface area contributed by atoms with Crippen LogP contribution in [0.4, 0.5) is 11.4 Å². The van der Waals surface area contributed by atoms with Crippen molar-refractivity contribution in [1.82, 2.24) is 0 Å². The Morgan fingerprint density at radius 2 is 2.06 bits per heavy atom. The van der Waals surface area contributed by atoms with E-state index in [1.807, 2.05) is 31.3 Å². The van der Waals surface area contributed by atoms with E-state index in [1.165, 1.54) is 6.08 Å². The molecule has 1 amide bonds. The van der Waals surface area contributed by atoms with Crippen molar-refractivity contribution in [3.8, 4) is 0 Å². The Bertz CT molecular complexity index is 422. The molecular weight excluding hydrogens is 200 g/mol. The van der Waals surface area contributed by atoms with Crippen molar-refractivity contribution in [2.24, 2.45) is 0 Å². The summed E-state index contributed by atoms with van der Waals surface area (Å²) >= 11 is 0. The van der Waals surface area contributed by atoms with Gasteiger partial charge in [0.05, 0.1) is 0 Å². The Labute approximate surface area is 95.9 Å². The molecular formula is C13H16N2O. The third kappa shape index (κ3) is 2.98. The summed E-state index contributed by atoms with van der Waals surface area (Å²) in [4.78, 5) is 11.7. The van der Waals surface area contributed by atoms with Crippen LogP contribution in [0.15, 0.2) is 48.6 Å². The highest BCUT2D eigenvalue weighted by molar-refractivity contribution is 6.05. The van der Waals surface area contributed by atoms with Crippen LogP contribution in [0.1, 0.15) is 6.92 Å². The molecule has 0 saturated carbocycles. The first kappa shape index (κ1) is 12.0. The molecule has 1 aromatic rings. The van der Waals surface area contributed by atoms with Gasteiger partial charge < -0.3 is 10.6 Å². The van der Waals surface area contributed by atoms with Gasteiger partial charge in [-0.05, 0) is 25.1 Å². The average Bonchev–Trinajstić information content (AvgIpc) is 2.31. The Morgan fingerprint density at radius 3 is 2.62 bits per heavy atom. The van der Waals surface area contributed by atoms with Crippen molar-refractivity contribution in [2.45, 2.75) is 6.92 Å². The average molecular weight is 216 g/mol. The summed E-state index contributed by atoms with van der Waals surface area (Å²) in [7, 11) is 1.84. The summed E-state index contributed by atoms with van der Waals surface area (Å²) in [6, 6.07) is 7.52. The van der Waals surface area contributed by atoms with Crippen LogP contribution < -0.4 is 10.6 Å². The first-order valence-corrected chi connectivity index (χ1v) is 5.09. The molecule has 0 bridgehead atoms. The monoisotopic (exact) mass is 216 g/mol. The number of allylic oxidation sites excluding steroid dienone is 1. The molecule has 0 fully saturated rings. The molecule has 0 aliphatic rings. The van der Waals surface area contributed by atoms with E-state index in [9.17, 15) is 4.79 Å². The summed E-state index contributed by atoms with van der Waals surface area (Å²) in [5.41, 5.74) is 2.28. The summed E-state index contributed by atoms with van der Waals surface area (Å²) in [5.74, 6) is -0.147. The van der Waals surface area contributed by atoms with Gasteiger partial charge in [-0.15, -0.1) is 0 Å². The molecule has 16 heavy (non-hydrogen) atoms. The molecule has 0 radical (unpaired) electrons. The SMILES string of the molecule is C=C/C(=C\C)C(=O)Nc1cccc(NC)c1. The van der Waals surface area contributed by atoms with Crippen LogP contribution in [-0.4, -0.2) is 13.0 Å². The number of benzene rings is 1. The first-order valence-electron chi connectivity index (χ1n) is 5.09. The molecule has 0 aromatic heterocycles. The van der Waals surface area contributed by atoms with E-state index in [0.717, 1.165) is 11.4 Å². The fourth-order valence-corrected chi connectivity index (χ4v) is 1.30. The van der Waals surface area contributed by atoms with Crippen LogP contribution in [0.25, 0.3) is 0 Å². The lowest BCUT2D eigenvalue weighted by atomic mass is 10.2. The fraction of sp³-hybridized carbons (Fsp3) is 0.154. The molecule has 0 unspecified atom stereocenters. The van der Waals surface area contributed by atoms with Gasteiger partial charge in [0, 0.05) is 24.0 Å². The first-order chi connectivity index (χ1) is 7.71. The van der Waals surface area contributed by atoms with E-state index in [1.54, 1.807) is 13.0 Å². The zero-order chi connectivity index (χ0) is 12.0. The van der Waals surface area contributed by atoms with Crippen molar-refractivity contribution in [1.29, 1.82) is 0 Å². The maximum atomic E-state index is 11.7. The standard InChI is InChI=1S/C13H16N2O/c1-4-10(5-2)13(16)15-12-8-6-7-11(9-12)14-3/h4-9,14H,1H2,2-3H3,(H,15,16)/b10-5+. The van der Waals surface area contributed by atoms with E-state index in [4.69, 9.17) is 0 Å². The van der Waals surface area contributed by atoms with E-state index in [2.05, 4.69) is 17.2 Å². The second-order valence-corrected chi connectivity index (χ2v) is 3.23. The molecule has 1 rings (SSSR count).